The Hall–Kier alpha value is -2.16. The van der Waals surface area contributed by atoms with Crippen LogP contribution in [0, 0.1) is 0 Å². The molecule has 0 saturated heterocycles. The lowest BCUT2D eigenvalue weighted by molar-refractivity contribution is 0.306. The van der Waals surface area contributed by atoms with E-state index in [1.54, 1.807) is 18.2 Å². The molecule has 0 bridgehead atoms. The minimum Gasteiger partial charge on any atom is -0.508 e. The molecule has 2 aromatic carbocycles. The minimum atomic E-state index is 0.257. The van der Waals surface area contributed by atoms with Gasteiger partial charge in [0.15, 0.2) is 0 Å². The maximum Gasteiger partial charge on any atom is 0.121 e. The van der Waals surface area contributed by atoms with Gasteiger partial charge in [-0.15, -0.1) is 0 Å². The van der Waals surface area contributed by atoms with Crippen LogP contribution in [0.15, 0.2) is 48.5 Å². The summed E-state index contributed by atoms with van der Waals surface area (Å²) in [4.78, 5) is 0. The summed E-state index contributed by atoms with van der Waals surface area (Å²) in [5.41, 5.74) is 7.32. The molecule has 16 heavy (non-hydrogen) atoms. The molecule has 2 aromatic rings. The van der Waals surface area contributed by atoms with E-state index >= 15 is 0 Å². The SMILES string of the molecule is Nc1cccc(OCc2ccc(O)cc2)c1. The first-order valence-corrected chi connectivity index (χ1v) is 5.00. The van der Waals surface area contributed by atoms with E-state index in [0.717, 1.165) is 11.3 Å². The number of ether oxygens (including phenoxy) is 1. The number of phenolic OH excluding ortho intramolecular Hbond substituents is 1. The highest BCUT2D eigenvalue weighted by molar-refractivity contribution is 5.43. The van der Waals surface area contributed by atoms with Gasteiger partial charge in [-0.2, -0.15) is 0 Å². The van der Waals surface area contributed by atoms with Crippen LogP contribution in [0.3, 0.4) is 0 Å². The second-order valence-electron chi connectivity index (χ2n) is 3.53. The first kappa shape index (κ1) is 10.4. The van der Waals surface area contributed by atoms with E-state index < -0.39 is 0 Å². The summed E-state index contributed by atoms with van der Waals surface area (Å²) in [5, 5.41) is 9.12. The largest absolute Gasteiger partial charge is 0.508 e. The maximum absolute atomic E-state index is 9.12. The third-order valence-corrected chi connectivity index (χ3v) is 2.20. The Kier molecular flexibility index (Phi) is 2.96. The standard InChI is InChI=1S/C13H13NO2/c14-11-2-1-3-13(8-11)16-9-10-4-6-12(15)7-5-10/h1-8,15H,9,14H2. The van der Waals surface area contributed by atoms with Gasteiger partial charge in [0.2, 0.25) is 0 Å². The van der Waals surface area contributed by atoms with Crippen LogP contribution in [0.4, 0.5) is 5.69 Å². The molecule has 82 valence electrons. The zero-order chi connectivity index (χ0) is 11.4. The molecular formula is C13H13NO2. The van der Waals surface area contributed by atoms with Gasteiger partial charge < -0.3 is 15.6 Å². The third kappa shape index (κ3) is 2.67. The molecular weight excluding hydrogens is 202 g/mol. The lowest BCUT2D eigenvalue weighted by Gasteiger charge is -2.06. The summed E-state index contributed by atoms with van der Waals surface area (Å²) in [7, 11) is 0. The number of rotatable bonds is 3. The molecule has 0 heterocycles. The second kappa shape index (κ2) is 4.57. The lowest BCUT2D eigenvalue weighted by Crippen LogP contribution is -1.95. The highest BCUT2D eigenvalue weighted by Crippen LogP contribution is 2.17. The average molecular weight is 215 g/mol. The molecule has 2 rings (SSSR count). The number of hydrogen-bond donors (Lipinski definition) is 2. The number of aromatic hydroxyl groups is 1. The van der Waals surface area contributed by atoms with Crippen molar-refractivity contribution in [1.82, 2.24) is 0 Å². The van der Waals surface area contributed by atoms with Crippen molar-refractivity contribution in [3.63, 3.8) is 0 Å². The molecule has 3 N–H and O–H groups in total. The van der Waals surface area contributed by atoms with Crippen molar-refractivity contribution in [2.45, 2.75) is 6.61 Å². The fourth-order valence-electron chi connectivity index (χ4n) is 1.36. The van der Waals surface area contributed by atoms with E-state index in [0.29, 0.717) is 12.3 Å². The van der Waals surface area contributed by atoms with E-state index in [1.807, 2.05) is 30.3 Å². The summed E-state index contributed by atoms with van der Waals surface area (Å²) in [6.45, 7) is 0.462. The second-order valence-corrected chi connectivity index (χ2v) is 3.53. The highest BCUT2D eigenvalue weighted by atomic mass is 16.5. The Labute approximate surface area is 94.1 Å². The van der Waals surface area contributed by atoms with Crippen molar-refractivity contribution in [2.75, 3.05) is 5.73 Å². The van der Waals surface area contributed by atoms with Gasteiger partial charge in [-0.3, -0.25) is 0 Å². The van der Waals surface area contributed by atoms with Crippen molar-refractivity contribution in [1.29, 1.82) is 0 Å². The van der Waals surface area contributed by atoms with Crippen LogP contribution in [0.2, 0.25) is 0 Å². The molecule has 0 amide bonds. The number of nitrogen functional groups attached to an aromatic ring is 1. The Bertz CT molecular complexity index is 466. The summed E-state index contributed by atoms with van der Waals surface area (Å²) < 4.78 is 5.55. The molecule has 0 saturated carbocycles. The van der Waals surface area contributed by atoms with Gasteiger partial charge in [0.05, 0.1) is 0 Å². The van der Waals surface area contributed by atoms with E-state index in [1.165, 1.54) is 0 Å². The van der Waals surface area contributed by atoms with E-state index in [4.69, 9.17) is 15.6 Å². The number of anilines is 1. The van der Waals surface area contributed by atoms with Gasteiger partial charge in [0.1, 0.15) is 18.1 Å². The highest BCUT2D eigenvalue weighted by Gasteiger charge is 1.96. The fourth-order valence-corrected chi connectivity index (χ4v) is 1.36. The van der Waals surface area contributed by atoms with Crippen molar-refractivity contribution >= 4 is 5.69 Å². The third-order valence-electron chi connectivity index (χ3n) is 2.20. The van der Waals surface area contributed by atoms with Crippen LogP contribution in [0.1, 0.15) is 5.56 Å². The molecule has 0 fully saturated rings. The molecule has 0 unspecified atom stereocenters. The smallest absolute Gasteiger partial charge is 0.121 e. The van der Waals surface area contributed by atoms with Gasteiger partial charge in [-0.25, -0.2) is 0 Å². The number of phenols is 1. The number of benzene rings is 2. The molecule has 0 radical (unpaired) electrons. The van der Waals surface area contributed by atoms with E-state index in [9.17, 15) is 0 Å². The fraction of sp³-hybridized carbons (Fsp3) is 0.0769. The van der Waals surface area contributed by atoms with Crippen LogP contribution in [0.25, 0.3) is 0 Å². The van der Waals surface area contributed by atoms with Gasteiger partial charge in [0.25, 0.3) is 0 Å². The van der Waals surface area contributed by atoms with Crippen molar-refractivity contribution in [3.8, 4) is 11.5 Å². The van der Waals surface area contributed by atoms with Gasteiger partial charge in [-0.05, 0) is 29.8 Å². The van der Waals surface area contributed by atoms with Crippen molar-refractivity contribution in [2.24, 2.45) is 0 Å². The topological polar surface area (TPSA) is 55.5 Å². The molecule has 0 atom stereocenters. The van der Waals surface area contributed by atoms with Crippen LogP contribution >= 0.6 is 0 Å². The van der Waals surface area contributed by atoms with Crippen LogP contribution in [-0.4, -0.2) is 5.11 Å². The maximum atomic E-state index is 9.12. The summed E-state index contributed by atoms with van der Waals surface area (Å²) in [5.74, 6) is 1.00. The van der Waals surface area contributed by atoms with E-state index in [-0.39, 0.29) is 5.75 Å². The Balaban J connectivity index is 1.99. The molecule has 0 aliphatic rings. The van der Waals surface area contributed by atoms with Gasteiger partial charge in [0, 0.05) is 11.8 Å². The lowest BCUT2D eigenvalue weighted by atomic mass is 10.2. The first-order valence-electron chi connectivity index (χ1n) is 5.00. The molecule has 0 aliphatic heterocycles. The monoisotopic (exact) mass is 215 g/mol. The quantitative estimate of drug-likeness (QED) is 0.773. The van der Waals surface area contributed by atoms with Crippen molar-refractivity contribution < 1.29 is 9.84 Å². The van der Waals surface area contributed by atoms with Crippen LogP contribution < -0.4 is 10.5 Å². The summed E-state index contributed by atoms with van der Waals surface area (Å²) in [6, 6.07) is 14.2. The van der Waals surface area contributed by atoms with Gasteiger partial charge in [-0.1, -0.05) is 18.2 Å². The average Bonchev–Trinajstić information content (AvgIpc) is 2.28. The molecule has 3 nitrogen and oxygen atoms in total. The Morgan fingerprint density at radius 3 is 2.50 bits per heavy atom. The first-order chi connectivity index (χ1) is 7.74. The van der Waals surface area contributed by atoms with E-state index in [2.05, 4.69) is 0 Å². The number of nitrogens with two attached hydrogens (primary N) is 1. The van der Waals surface area contributed by atoms with Crippen LogP contribution in [-0.2, 0) is 6.61 Å². The van der Waals surface area contributed by atoms with Crippen LogP contribution in [0.5, 0.6) is 11.5 Å². The molecule has 0 spiro atoms. The van der Waals surface area contributed by atoms with Crippen molar-refractivity contribution in [3.05, 3.63) is 54.1 Å². The minimum absolute atomic E-state index is 0.257. The normalized spacial score (nSPS) is 10.0. The Morgan fingerprint density at radius 1 is 1.06 bits per heavy atom. The predicted molar refractivity (Wildman–Crippen MR) is 63.3 cm³/mol. The summed E-state index contributed by atoms with van der Waals surface area (Å²) >= 11 is 0. The Morgan fingerprint density at radius 2 is 1.81 bits per heavy atom. The molecule has 3 heteroatoms. The summed E-state index contributed by atoms with van der Waals surface area (Å²) in [6.07, 6.45) is 0. The predicted octanol–water partition coefficient (Wildman–Crippen LogP) is 2.55. The van der Waals surface area contributed by atoms with Gasteiger partial charge >= 0.3 is 0 Å². The molecule has 0 aromatic heterocycles. The number of hydrogen-bond acceptors (Lipinski definition) is 3. The zero-order valence-electron chi connectivity index (χ0n) is 8.76. The zero-order valence-corrected chi connectivity index (χ0v) is 8.76. The molecule has 0 aliphatic carbocycles.